The van der Waals surface area contributed by atoms with Crippen molar-refractivity contribution in [2.24, 2.45) is 0 Å². The van der Waals surface area contributed by atoms with E-state index in [1.54, 1.807) is 18.5 Å². The number of pyridine rings is 2. The summed E-state index contributed by atoms with van der Waals surface area (Å²) in [6.07, 6.45) is 3.39. The van der Waals surface area contributed by atoms with Crippen LogP contribution in [0.15, 0.2) is 54.9 Å². The monoisotopic (exact) mass is 422 g/mol. The first-order chi connectivity index (χ1) is 14.6. The predicted molar refractivity (Wildman–Crippen MR) is 117 cm³/mol. The summed E-state index contributed by atoms with van der Waals surface area (Å²) in [6, 6.07) is 12.4. The lowest BCUT2D eigenvalue weighted by Gasteiger charge is -2.34. The fraction of sp³-hybridized carbons (Fsp3) is 0.227. The third-order valence-corrected chi connectivity index (χ3v) is 5.61. The number of aromatic nitrogens is 4. The van der Waals surface area contributed by atoms with Crippen LogP contribution in [0.25, 0.3) is 28.2 Å². The molecule has 0 saturated carbocycles. The summed E-state index contributed by atoms with van der Waals surface area (Å²) in [4.78, 5) is 16.0. The number of benzene rings is 1. The molecule has 1 fully saturated rings. The third kappa shape index (κ3) is 3.30. The lowest BCUT2D eigenvalue weighted by atomic mass is 10.2. The van der Waals surface area contributed by atoms with Crippen molar-refractivity contribution in [3.63, 3.8) is 0 Å². The van der Waals surface area contributed by atoms with E-state index in [1.165, 1.54) is 12.1 Å². The normalized spacial score (nSPS) is 16.9. The second-order valence-corrected chi connectivity index (χ2v) is 7.80. The molecular formula is C22H20ClFN6. The molecule has 3 aromatic heterocycles. The summed E-state index contributed by atoms with van der Waals surface area (Å²) in [5, 5.41) is 3.84. The highest BCUT2D eigenvalue weighted by molar-refractivity contribution is 6.30. The number of anilines is 1. The Balaban J connectivity index is 1.75. The van der Waals surface area contributed by atoms with Crippen LogP contribution in [0.2, 0.25) is 5.02 Å². The van der Waals surface area contributed by atoms with E-state index in [4.69, 9.17) is 21.6 Å². The summed E-state index contributed by atoms with van der Waals surface area (Å²) in [5.74, 6) is 0.944. The smallest absolute Gasteiger partial charge is 0.167 e. The molecule has 1 aromatic carbocycles. The van der Waals surface area contributed by atoms with Gasteiger partial charge >= 0.3 is 0 Å². The first-order valence-electron chi connectivity index (χ1n) is 9.84. The van der Waals surface area contributed by atoms with E-state index < -0.39 is 0 Å². The van der Waals surface area contributed by atoms with Crippen molar-refractivity contribution in [3.05, 3.63) is 65.7 Å². The molecule has 0 amide bonds. The highest BCUT2D eigenvalue weighted by Crippen LogP contribution is 2.32. The quantitative estimate of drug-likeness (QED) is 0.539. The van der Waals surface area contributed by atoms with Crippen molar-refractivity contribution in [1.82, 2.24) is 24.8 Å². The van der Waals surface area contributed by atoms with Crippen molar-refractivity contribution in [2.45, 2.75) is 13.0 Å². The molecule has 6 nitrogen and oxygen atoms in total. The molecule has 30 heavy (non-hydrogen) atoms. The summed E-state index contributed by atoms with van der Waals surface area (Å²) in [6.45, 7) is 4.86. The lowest BCUT2D eigenvalue weighted by Crippen LogP contribution is -2.50. The average Bonchev–Trinajstić information content (AvgIpc) is 3.15. The minimum absolute atomic E-state index is 0.325. The van der Waals surface area contributed by atoms with Crippen LogP contribution in [0.5, 0.6) is 0 Å². The molecule has 5 rings (SSSR count). The van der Waals surface area contributed by atoms with E-state index in [9.17, 15) is 4.39 Å². The zero-order valence-corrected chi connectivity index (χ0v) is 17.1. The predicted octanol–water partition coefficient (Wildman–Crippen LogP) is 4.07. The van der Waals surface area contributed by atoms with Gasteiger partial charge in [0.25, 0.3) is 0 Å². The van der Waals surface area contributed by atoms with Crippen LogP contribution in [0.4, 0.5) is 10.2 Å². The van der Waals surface area contributed by atoms with Gasteiger partial charge in [-0.25, -0.2) is 14.4 Å². The van der Waals surface area contributed by atoms with Crippen molar-refractivity contribution in [2.75, 3.05) is 24.5 Å². The number of imidazole rings is 1. The summed E-state index contributed by atoms with van der Waals surface area (Å²) in [7, 11) is 0. The van der Waals surface area contributed by atoms with E-state index in [0.717, 1.165) is 31.1 Å². The van der Waals surface area contributed by atoms with Crippen molar-refractivity contribution in [1.29, 1.82) is 0 Å². The summed E-state index contributed by atoms with van der Waals surface area (Å²) < 4.78 is 16.6. The van der Waals surface area contributed by atoms with Gasteiger partial charge in [0.2, 0.25) is 0 Å². The van der Waals surface area contributed by atoms with Gasteiger partial charge < -0.3 is 10.2 Å². The number of hydrogen-bond acceptors (Lipinski definition) is 5. The lowest BCUT2D eigenvalue weighted by molar-refractivity contribution is 0.497. The minimum atomic E-state index is -0.388. The van der Waals surface area contributed by atoms with Gasteiger partial charge in [0.1, 0.15) is 23.0 Å². The molecule has 0 spiro atoms. The van der Waals surface area contributed by atoms with Gasteiger partial charge in [-0.1, -0.05) is 11.6 Å². The highest BCUT2D eigenvalue weighted by atomic mass is 35.5. The Morgan fingerprint density at radius 2 is 1.93 bits per heavy atom. The Labute approximate surface area is 178 Å². The van der Waals surface area contributed by atoms with Crippen LogP contribution >= 0.6 is 11.6 Å². The topological polar surface area (TPSA) is 58.9 Å². The van der Waals surface area contributed by atoms with Gasteiger partial charge in [-0.3, -0.25) is 9.55 Å². The molecule has 1 atom stereocenters. The van der Waals surface area contributed by atoms with Crippen LogP contribution in [-0.2, 0) is 0 Å². The van der Waals surface area contributed by atoms with Gasteiger partial charge in [-0.05, 0) is 49.4 Å². The molecule has 0 unspecified atom stereocenters. The minimum Gasteiger partial charge on any atom is -0.351 e. The van der Waals surface area contributed by atoms with Gasteiger partial charge in [0, 0.05) is 43.1 Å². The van der Waals surface area contributed by atoms with E-state index in [-0.39, 0.29) is 5.82 Å². The number of piperazine rings is 1. The van der Waals surface area contributed by atoms with Crippen LogP contribution in [0, 0.1) is 5.82 Å². The van der Waals surface area contributed by atoms with Gasteiger partial charge in [0.05, 0.1) is 11.3 Å². The number of rotatable bonds is 3. The largest absolute Gasteiger partial charge is 0.351 e. The van der Waals surface area contributed by atoms with Crippen molar-refractivity contribution < 1.29 is 4.39 Å². The van der Waals surface area contributed by atoms with Crippen LogP contribution < -0.4 is 10.2 Å². The van der Waals surface area contributed by atoms with E-state index in [0.29, 0.717) is 33.6 Å². The molecular weight excluding hydrogens is 403 g/mol. The molecule has 0 bridgehead atoms. The van der Waals surface area contributed by atoms with Crippen molar-refractivity contribution >= 4 is 28.6 Å². The van der Waals surface area contributed by atoms with Crippen LogP contribution in [0.1, 0.15) is 6.92 Å². The average molecular weight is 423 g/mol. The summed E-state index contributed by atoms with van der Waals surface area (Å²) >= 11 is 6.16. The van der Waals surface area contributed by atoms with Crippen LogP contribution in [-0.4, -0.2) is 45.2 Å². The molecule has 4 aromatic rings. The number of nitrogens with one attached hydrogen (secondary N) is 1. The van der Waals surface area contributed by atoms with E-state index in [1.807, 2.05) is 28.8 Å². The Hall–Kier alpha value is -3.03. The van der Waals surface area contributed by atoms with Gasteiger partial charge in [0.15, 0.2) is 5.65 Å². The Kier molecular flexibility index (Phi) is 4.84. The Bertz CT molecular complexity index is 1210. The first-order valence-corrected chi connectivity index (χ1v) is 10.2. The maximum atomic E-state index is 14.7. The molecule has 1 aliphatic heterocycles. The molecule has 0 aliphatic carbocycles. The second-order valence-electron chi connectivity index (χ2n) is 7.36. The Morgan fingerprint density at radius 1 is 1.10 bits per heavy atom. The fourth-order valence-corrected chi connectivity index (χ4v) is 4.05. The first kappa shape index (κ1) is 19.0. The van der Waals surface area contributed by atoms with E-state index >= 15 is 0 Å². The Morgan fingerprint density at radius 3 is 2.73 bits per heavy atom. The number of nitrogens with zero attached hydrogens (tertiary/aromatic N) is 5. The summed E-state index contributed by atoms with van der Waals surface area (Å²) in [5.41, 5.74) is 2.49. The zero-order chi connectivity index (χ0) is 20.7. The molecule has 1 N–H and O–H groups in total. The zero-order valence-electron chi connectivity index (χ0n) is 16.4. The fourth-order valence-electron chi connectivity index (χ4n) is 3.88. The molecule has 1 aliphatic rings. The number of hydrogen-bond donors (Lipinski definition) is 1. The standard InChI is InChI=1S/C22H20ClFN6/c1-14-13-26-10-11-29(14)20-5-4-19-22(28-20)30(16-6-8-25-9-7-16)21(27-19)17-12-15(23)2-3-18(17)24/h2-9,12,14,26H,10-11,13H2,1H3/t14-/m1/s1. The second kappa shape index (κ2) is 7.66. The third-order valence-electron chi connectivity index (χ3n) is 5.38. The van der Waals surface area contributed by atoms with Gasteiger partial charge in [-0.2, -0.15) is 0 Å². The maximum Gasteiger partial charge on any atom is 0.167 e. The maximum absolute atomic E-state index is 14.7. The number of halogens is 2. The molecule has 1 saturated heterocycles. The van der Waals surface area contributed by atoms with Crippen molar-refractivity contribution in [3.8, 4) is 17.1 Å². The molecule has 152 valence electrons. The SMILES string of the molecule is C[C@@H]1CNCCN1c1ccc2nc(-c3cc(Cl)ccc3F)n(-c3ccncc3)c2n1. The molecule has 4 heterocycles. The number of fused-ring (bicyclic) bond motifs is 1. The highest BCUT2D eigenvalue weighted by Gasteiger charge is 2.23. The van der Waals surface area contributed by atoms with Crippen LogP contribution in [0.3, 0.4) is 0 Å². The van der Waals surface area contributed by atoms with E-state index in [2.05, 4.69) is 22.1 Å². The molecule has 0 radical (unpaired) electrons. The van der Waals surface area contributed by atoms with Gasteiger partial charge in [-0.15, -0.1) is 0 Å². The molecule has 8 heteroatoms.